The normalized spacial score (nSPS) is 18.2. The van der Waals surface area contributed by atoms with Crippen molar-refractivity contribution < 1.29 is 9.84 Å². The van der Waals surface area contributed by atoms with Crippen LogP contribution in [0.25, 0.3) is 11.0 Å². The fourth-order valence-electron chi connectivity index (χ4n) is 2.44. The first kappa shape index (κ1) is 15.0. The molecule has 1 aromatic heterocycles. The highest BCUT2D eigenvalue weighted by molar-refractivity contribution is 6.42. The standard InChI is InChI=1S/C13H16Cl2N4O2/c14-10-5-12-13(6-11(10)15)19(17-16-12)8-9(20)7-18-1-3-21-4-2-18/h5-6,9,20H,1-4,7-8H2. The number of hydrogen-bond donors (Lipinski definition) is 1. The van der Waals surface area contributed by atoms with E-state index in [2.05, 4.69) is 15.2 Å². The van der Waals surface area contributed by atoms with Crippen LogP contribution in [-0.2, 0) is 11.3 Å². The lowest BCUT2D eigenvalue weighted by Gasteiger charge is -2.28. The molecule has 8 heteroatoms. The highest BCUT2D eigenvalue weighted by Crippen LogP contribution is 2.26. The smallest absolute Gasteiger partial charge is 0.114 e. The Kier molecular flexibility index (Phi) is 4.61. The second kappa shape index (κ2) is 6.46. The van der Waals surface area contributed by atoms with E-state index in [0.29, 0.717) is 41.9 Å². The Hall–Kier alpha value is -0.920. The Morgan fingerprint density at radius 1 is 1.19 bits per heavy atom. The van der Waals surface area contributed by atoms with Gasteiger partial charge in [-0.05, 0) is 12.1 Å². The lowest BCUT2D eigenvalue weighted by atomic mass is 10.2. The number of aliphatic hydroxyl groups excluding tert-OH is 1. The van der Waals surface area contributed by atoms with E-state index in [4.69, 9.17) is 27.9 Å². The van der Waals surface area contributed by atoms with E-state index in [-0.39, 0.29) is 0 Å². The first-order valence-electron chi connectivity index (χ1n) is 6.80. The van der Waals surface area contributed by atoms with E-state index in [9.17, 15) is 5.11 Å². The van der Waals surface area contributed by atoms with Gasteiger partial charge >= 0.3 is 0 Å². The van der Waals surface area contributed by atoms with Gasteiger partial charge in [0.25, 0.3) is 0 Å². The number of rotatable bonds is 4. The quantitative estimate of drug-likeness (QED) is 0.918. The average molecular weight is 331 g/mol. The second-order valence-corrected chi connectivity index (χ2v) is 5.91. The molecule has 1 aromatic carbocycles. The largest absolute Gasteiger partial charge is 0.390 e. The van der Waals surface area contributed by atoms with E-state index in [0.717, 1.165) is 18.6 Å². The Morgan fingerprint density at radius 3 is 2.67 bits per heavy atom. The van der Waals surface area contributed by atoms with Crippen molar-refractivity contribution >= 4 is 34.2 Å². The predicted octanol–water partition coefficient (Wildman–Crippen LogP) is 1.43. The molecule has 6 nitrogen and oxygen atoms in total. The highest BCUT2D eigenvalue weighted by atomic mass is 35.5. The maximum Gasteiger partial charge on any atom is 0.114 e. The van der Waals surface area contributed by atoms with Gasteiger partial charge in [0.05, 0.1) is 41.4 Å². The maximum absolute atomic E-state index is 10.2. The number of benzene rings is 1. The number of halogens is 2. The minimum absolute atomic E-state index is 0.367. The van der Waals surface area contributed by atoms with Crippen LogP contribution in [0.1, 0.15) is 0 Å². The van der Waals surface area contributed by atoms with Crippen LogP contribution in [0.15, 0.2) is 12.1 Å². The van der Waals surface area contributed by atoms with Crippen LogP contribution >= 0.6 is 23.2 Å². The van der Waals surface area contributed by atoms with Gasteiger partial charge in [-0.25, -0.2) is 4.68 Å². The molecule has 21 heavy (non-hydrogen) atoms. The van der Waals surface area contributed by atoms with Gasteiger partial charge in [-0.1, -0.05) is 28.4 Å². The summed E-state index contributed by atoms with van der Waals surface area (Å²) in [5, 5.41) is 19.2. The molecule has 1 fully saturated rings. The number of nitrogens with zero attached hydrogens (tertiary/aromatic N) is 4. The molecule has 0 spiro atoms. The zero-order valence-electron chi connectivity index (χ0n) is 11.4. The van der Waals surface area contributed by atoms with Crippen molar-refractivity contribution in [2.45, 2.75) is 12.6 Å². The van der Waals surface area contributed by atoms with E-state index >= 15 is 0 Å². The maximum atomic E-state index is 10.2. The molecule has 1 aliphatic heterocycles. The van der Waals surface area contributed by atoms with Gasteiger partial charge in [0.2, 0.25) is 0 Å². The Morgan fingerprint density at radius 2 is 1.90 bits per heavy atom. The lowest BCUT2D eigenvalue weighted by Crippen LogP contribution is -2.42. The fourth-order valence-corrected chi connectivity index (χ4v) is 2.75. The summed E-state index contributed by atoms with van der Waals surface area (Å²) in [6, 6.07) is 3.40. The molecular formula is C13H16Cl2N4O2. The molecule has 1 atom stereocenters. The van der Waals surface area contributed by atoms with Crippen LogP contribution in [0.5, 0.6) is 0 Å². The van der Waals surface area contributed by atoms with Crippen molar-refractivity contribution in [2.24, 2.45) is 0 Å². The van der Waals surface area contributed by atoms with Crippen LogP contribution in [-0.4, -0.2) is 64.0 Å². The number of aromatic nitrogens is 3. The van der Waals surface area contributed by atoms with Crippen LogP contribution in [0, 0.1) is 0 Å². The van der Waals surface area contributed by atoms with E-state index in [1.54, 1.807) is 16.8 Å². The monoisotopic (exact) mass is 330 g/mol. The molecule has 0 aliphatic carbocycles. The van der Waals surface area contributed by atoms with Crippen molar-refractivity contribution in [1.82, 2.24) is 19.9 Å². The number of ether oxygens (including phenoxy) is 1. The lowest BCUT2D eigenvalue weighted by molar-refractivity contribution is 0.0110. The highest BCUT2D eigenvalue weighted by Gasteiger charge is 2.17. The van der Waals surface area contributed by atoms with Crippen molar-refractivity contribution in [3.8, 4) is 0 Å². The molecule has 1 aliphatic rings. The Balaban J connectivity index is 1.70. The summed E-state index contributed by atoms with van der Waals surface area (Å²) in [6.07, 6.45) is -0.526. The third kappa shape index (κ3) is 3.46. The number of hydrogen-bond acceptors (Lipinski definition) is 5. The molecule has 2 heterocycles. The van der Waals surface area contributed by atoms with Crippen LogP contribution in [0.2, 0.25) is 10.0 Å². The van der Waals surface area contributed by atoms with E-state index < -0.39 is 6.10 Å². The number of fused-ring (bicyclic) bond motifs is 1. The van der Waals surface area contributed by atoms with Gasteiger partial charge in [-0.15, -0.1) is 5.10 Å². The van der Waals surface area contributed by atoms with Crippen molar-refractivity contribution in [1.29, 1.82) is 0 Å². The molecule has 114 valence electrons. The molecule has 1 N–H and O–H groups in total. The molecule has 1 saturated heterocycles. The molecule has 0 amide bonds. The molecule has 2 aromatic rings. The Labute approximate surface area is 132 Å². The summed E-state index contributed by atoms with van der Waals surface area (Å²) in [5.41, 5.74) is 1.44. The first-order valence-corrected chi connectivity index (χ1v) is 7.55. The van der Waals surface area contributed by atoms with Crippen LogP contribution in [0.3, 0.4) is 0 Å². The van der Waals surface area contributed by atoms with Crippen molar-refractivity contribution in [3.05, 3.63) is 22.2 Å². The predicted molar refractivity (Wildman–Crippen MR) is 80.8 cm³/mol. The Bertz CT molecular complexity index is 628. The second-order valence-electron chi connectivity index (χ2n) is 5.09. The third-order valence-electron chi connectivity index (χ3n) is 3.51. The summed E-state index contributed by atoms with van der Waals surface area (Å²) < 4.78 is 6.95. The number of β-amino-alcohol motifs (C(OH)–C–C–N with tert-alkyl or cyclic N) is 1. The van der Waals surface area contributed by atoms with Crippen LogP contribution < -0.4 is 0 Å². The molecule has 1 unspecified atom stereocenters. The molecule has 0 saturated carbocycles. The topological polar surface area (TPSA) is 63.4 Å². The average Bonchev–Trinajstić information content (AvgIpc) is 2.83. The third-order valence-corrected chi connectivity index (χ3v) is 4.23. The zero-order chi connectivity index (χ0) is 14.8. The molecule has 0 bridgehead atoms. The fraction of sp³-hybridized carbons (Fsp3) is 0.538. The summed E-state index contributed by atoms with van der Waals surface area (Å²) >= 11 is 12.0. The zero-order valence-corrected chi connectivity index (χ0v) is 12.9. The van der Waals surface area contributed by atoms with Crippen molar-refractivity contribution in [2.75, 3.05) is 32.8 Å². The molecule has 0 radical (unpaired) electrons. The molecular weight excluding hydrogens is 315 g/mol. The molecule has 3 rings (SSSR count). The minimum atomic E-state index is -0.526. The van der Waals surface area contributed by atoms with Gasteiger partial charge < -0.3 is 9.84 Å². The van der Waals surface area contributed by atoms with Gasteiger partial charge in [-0.2, -0.15) is 0 Å². The summed E-state index contributed by atoms with van der Waals surface area (Å²) in [7, 11) is 0. The number of morpholine rings is 1. The summed E-state index contributed by atoms with van der Waals surface area (Å²) in [6.45, 7) is 4.07. The van der Waals surface area contributed by atoms with Gasteiger partial charge in [0.15, 0.2) is 0 Å². The van der Waals surface area contributed by atoms with Gasteiger partial charge in [0.1, 0.15) is 5.52 Å². The minimum Gasteiger partial charge on any atom is -0.390 e. The van der Waals surface area contributed by atoms with E-state index in [1.165, 1.54) is 0 Å². The van der Waals surface area contributed by atoms with Crippen LogP contribution in [0.4, 0.5) is 0 Å². The van der Waals surface area contributed by atoms with E-state index in [1.807, 2.05) is 0 Å². The first-order chi connectivity index (χ1) is 10.1. The van der Waals surface area contributed by atoms with Crippen molar-refractivity contribution in [3.63, 3.8) is 0 Å². The van der Waals surface area contributed by atoms with Gasteiger partial charge in [-0.3, -0.25) is 4.90 Å². The summed E-state index contributed by atoms with van der Waals surface area (Å²) in [4.78, 5) is 2.18. The SMILES string of the molecule is OC(CN1CCOCC1)Cn1nnc2cc(Cl)c(Cl)cc21. The van der Waals surface area contributed by atoms with Gasteiger partial charge in [0, 0.05) is 19.6 Å². The summed E-state index contributed by atoms with van der Waals surface area (Å²) in [5.74, 6) is 0. The number of aliphatic hydroxyl groups is 1.